The summed E-state index contributed by atoms with van der Waals surface area (Å²) < 4.78 is 17.4. The average molecular weight is 395 g/mol. The molecule has 0 bridgehead atoms. The van der Waals surface area contributed by atoms with Crippen LogP contribution in [0.15, 0.2) is 48.5 Å². The first-order valence-corrected chi connectivity index (χ1v) is 10.7. The van der Waals surface area contributed by atoms with Crippen molar-refractivity contribution in [3.63, 3.8) is 0 Å². The molecule has 1 fully saturated rings. The van der Waals surface area contributed by atoms with Crippen LogP contribution in [0.2, 0.25) is 0 Å². The Hall–Kier alpha value is -2.33. The van der Waals surface area contributed by atoms with Crippen LogP contribution in [-0.4, -0.2) is 31.1 Å². The highest BCUT2D eigenvalue weighted by Gasteiger charge is 2.41. The number of rotatable bonds is 4. The van der Waals surface area contributed by atoms with Crippen molar-refractivity contribution in [2.24, 2.45) is 11.8 Å². The number of hydrogen-bond acceptors (Lipinski definition) is 4. The fraction of sp³-hybridized carbons (Fsp3) is 0.480. The van der Waals surface area contributed by atoms with Gasteiger partial charge in [-0.3, -0.25) is 0 Å². The molecule has 0 spiro atoms. The van der Waals surface area contributed by atoms with Crippen molar-refractivity contribution >= 4 is 6.16 Å². The van der Waals surface area contributed by atoms with Crippen molar-refractivity contribution in [2.45, 2.75) is 58.3 Å². The second kappa shape index (κ2) is 8.19. The Morgan fingerprint density at radius 3 is 2.10 bits per heavy atom. The van der Waals surface area contributed by atoms with E-state index in [9.17, 15) is 4.79 Å². The minimum absolute atomic E-state index is 0.0378. The normalized spacial score (nSPS) is 28.5. The second-order valence-electron chi connectivity index (χ2n) is 8.38. The molecular weight excluding hydrogens is 364 g/mol. The van der Waals surface area contributed by atoms with E-state index in [0.29, 0.717) is 5.92 Å². The Labute approximate surface area is 173 Å². The van der Waals surface area contributed by atoms with E-state index in [0.717, 1.165) is 6.42 Å². The maximum absolute atomic E-state index is 12.5. The number of carbonyl (C=O) groups is 1. The third kappa shape index (κ3) is 3.66. The Kier molecular flexibility index (Phi) is 5.64. The highest BCUT2D eigenvalue weighted by molar-refractivity contribution is 5.78. The van der Waals surface area contributed by atoms with Crippen LogP contribution in [0.1, 0.15) is 51.2 Å². The lowest BCUT2D eigenvalue weighted by Crippen LogP contribution is -2.49. The van der Waals surface area contributed by atoms with E-state index >= 15 is 0 Å². The van der Waals surface area contributed by atoms with E-state index in [-0.39, 0.29) is 36.8 Å². The maximum atomic E-state index is 12.5. The van der Waals surface area contributed by atoms with Crippen LogP contribution in [0.25, 0.3) is 11.1 Å². The summed E-state index contributed by atoms with van der Waals surface area (Å²) >= 11 is 0. The van der Waals surface area contributed by atoms with Crippen molar-refractivity contribution in [1.82, 2.24) is 0 Å². The van der Waals surface area contributed by atoms with E-state index in [2.05, 4.69) is 45.0 Å². The summed E-state index contributed by atoms with van der Waals surface area (Å²) in [6, 6.07) is 16.6. The van der Waals surface area contributed by atoms with Crippen LogP contribution in [-0.2, 0) is 14.2 Å². The Balaban J connectivity index is 1.43. The van der Waals surface area contributed by atoms with E-state index < -0.39 is 6.16 Å². The molecule has 0 N–H and O–H groups in total. The van der Waals surface area contributed by atoms with Gasteiger partial charge < -0.3 is 14.2 Å². The van der Waals surface area contributed by atoms with Crippen LogP contribution in [0.5, 0.6) is 0 Å². The Bertz CT molecular complexity index is 831. The van der Waals surface area contributed by atoms with Crippen molar-refractivity contribution < 1.29 is 19.0 Å². The molecule has 29 heavy (non-hydrogen) atoms. The van der Waals surface area contributed by atoms with Gasteiger partial charge in [0.1, 0.15) is 12.7 Å². The quantitative estimate of drug-likeness (QED) is 0.616. The fourth-order valence-electron chi connectivity index (χ4n) is 4.95. The van der Waals surface area contributed by atoms with Crippen molar-refractivity contribution in [1.29, 1.82) is 0 Å². The predicted octanol–water partition coefficient (Wildman–Crippen LogP) is 5.79. The maximum Gasteiger partial charge on any atom is 0.508 e. The van der Waals surface area contributed by atoms with Crippen LogP contribution in [0, 0.1) is 11.8 Å². The first-order chi connectivity index (χ1) is 14.0. The lowest BCUT2D eigenvalue weighted by atomic mass is 9.81. The lowest BCUT2D eigenvalue weighted by molar-refractivity contribution is -0.168. The van der Waals surface area contributed by atoms with Crippen LogP contribution >= 0.6 is 0 Å². The molecule has 1 aliphatic heterocycles. The molecule has 4 nitrogen and oxygen atoms in total. The van der Waals surface area contributed by atoms with Gasteiger partial charge in [-0.1, -0.05) is 69.3 Å². The molecule has 2 unspecified atom stereocenters. The molecule has 0 aromatic heterocycles. The predicted molar refractivity (Wildman–Crippen MR) is 113 cm³/mol. The zero-order valence-electron chi connectivity index (χ0n) is 17.6. The van der Waals surface area contributed by atoms with Gasteiger partial charge in [-0.05, 0) is 41.5 Å². The van der Waals surface area contributed by atoms with Gasteiger partial charge in [0.15, 0.2) is 0 Å². The van der Waals surface area contributed by atoms with Gasteiger partial charge in [-0.2, -0.15) is 0 Å². The third-order valence-corrected chi connectivity index (χ3v) is 6.75. The van der Waals surface area contributed by atoms with E-state index in [4.69, 9.17) is 14.2 Å². The molecular formula is C25H30O4. The minimum Gasteiger partial charge on any atom is -0.433 e. The van der Waals surface area contributed by atoms with Crippen LogP contribution < -0.4 is 0 Å². The Morgan fingerprint density at radius 2 is 1.52 bits per heavy atom. The summed E-state index contributed by atoms with van der Waals surface area (Å²) in [5.41, 5.74) is 4.83. The molecule has 154 valence electrons. The highest BCUT2D eigenvalue weighted by Crippen LogP contribution is 2.44. The summed E-state index contributed by atoms with van der Waals surface area (Å²) in [6.45, 7) is 8.68. The first kappa shape index (κ1) is 20.0. The molecule has 1 saturated heterocycles. The third-order valence-electron chi connectivity index (χ3n) is 6.75. The van der Waals surface area contributed by atoms with Gasteiger partial charge in [0.05, 0.1) is 12.2 Å². The zero-order valence-corrected chi connectivity index (χ0v) is 17.6. The summed E-state index contributed by atoms with van der Waals surface area (Å²) in [4.78, 5) is 12.5. The molecule has 4 heteroatoms. The number of carbonyl (C=O) groups excluding carboxylic acids is 1. The molecule has 4 rings (SSSR count). The van der Waals surface area contributed by atoms with E-state index in [1.165, 1.54) is 22.3 Å². The van der Waals surface area contributed by atoms with E-state index in [1.54, 1.807) is 0 Å². The van der Waals surface area contributed by atoms with Crippen LogP contribution in [0.4, 0.5) is 4.79 Å². The van der Waals surface area contributed by atoms with Crippen molar-refractivity contribution in [2.75, 3.05) is 6.61 Å². The first-order valence-electron chi connectivity index (χ1n) is 10.7. The topological polar surface area (TPSA) is 44.8 Å². The highest BCUT2D eigenvalue weighted by atomic mass is 16.7. The summed E-state index contributed by atoms with van der Waals surface area (Å²) in [5, 5.41) is 0. The number of fused-ring (bicyclic) bond motifs is 3. The SMILES string of the molecule is CCC1O[C@H](C)C(OC(=O)OCC2c3ccccc3-c3ccccc32)[C@@H](C)[C@@H]1C. The molecule has 5 atom stereocenters. The minimum atomic E-state index is -0.610. The largest absolute Gasteiger partial charge is 0.508 e. The summed E-state index contributed by atoms with van der Waals surface area (Å²) in [5.74, 6) is 0.600. The molecule has 1 aliphatic carbocycles. The van der Waals surface area contributed by atoms with Gasteiger partial charge in [-0.25, -0.2) is 4.79 Å². The lowest BCUT2D eigenvalue weighted by Gasteiger charge is -2.42. The summed E-state index contributed by atoms with van der Waals surface area (Å²) in [6.07, 6.45) is 0.145. The number of ether oxygens (including phenoxy) is 3. The molecule has 2 aromatic rings. The standard InChI is InChI=1S/C25H30O4/c1-5-23-15(2)16(3)24(17(4)28-23)29-25(26)27-14-22-20-12-8-6-10-18(20)19-11-7-9-13-21(19)22/h6-13,15-17,22-24H,5,14H2,1-4H3/t15-,16-,17+,23?,24?/m0/s1. The Morgan fingerprint density at radius 1 is 0.931 bits per heavy atom. The number of benzene rings is 2. The van der Waals surface area contributed by atoms with Gasteiger partial charge in [0.2, 0.25) is 0 Å². The summed E-state index contributed by atoms with van der Waals surface area (Å²) in [7, 11) is 0. The molecule has 0 radical (unpaired) electrons. The van der Waals surface area contributed by atoms with Gasteiger partial charge >= 0.3 is 6.16 Å². The molecule has 0 saturated carbocycles. The molecule has 2 aromatic carbocycles. The molecule has 1 heterocycles. The average Bonchev–Trinajstić information content (AvgIpc) is 3.06. The number of hydrogen-bond donors (Lipinski definition) is 0. The van der Waals surface area contributed by atoms with Crippen molar-refractivity contribution in [3.05, 3.63) is 59.7 Å². The smallest absolute Gasteiger partial charge is 0.433 e. The van der Waals surface area contributed by atoms with Crippen molar-refractivity contribution in [3.8, 4) is 11.1 Å². The van der Waals surface area contributed by atoms with E-state index in [1.807, 2.05) is 31.2 Å². The molecule has 0 amide bonds. The van der Waals surface area contributed by atoms with Crippen LogP contribution in [0.3, 0.4) is 0 Å². The second-order valence-corrected chi connectivity index (χ2v) is 8.38. The molecule has 2 aliphatic rings. The monoisotopic (exact) mass is 394 g/mol. The van der Waals surface area contributed by atoms with Gasteiger partial charge in [0.25, 0.3) is 0 Å². The van der Waals surface area contributed by atoms with Gasteiger partial charge in [0, 0.05) is 11.8 Å². The zero-order chi connectivity index (χ0) is 20.5. The van der Waals surface area contributed by atoms with Gasteiger partial charge in [-0.15, -0.1) is 0 Å². The fourth-order valence-corrected chi connectivity index (χ4v) is 4.95.